The van der Waals surface area contributed by atoms with E-state index in [-0.39, 0.29) is 12.1 Å². The molecule has 2 rings (SSSR count). The summed E-state index contributed by atoms with van der Waals surface area (Å²) in [5, 5.41) is 12.1. The highest BCUT2D eigenvalue weighted by Gasteiger charge is 2.42. The highest BCUT2D eigenvalue weighted by molar-refractivity contribution is 5.92. The number of aliphatic imine (C=N–C) groups is 1. The summed E-state index contributed by atoms with van der Waals surface area (Å²) >= 11 is 0. The first-order chi connectivity index (χ1) is 7.24. The van der Waals surface area contributed by atoms with Gasteiger partial charge >= 0.3 is 0 Å². The van der Waals surface area contributed by atoms with Crippen LogP contribution in [0.2, 0.25) is 0 Å². The largest absolute Gasteiger partial charge is 0.394 e. The summed E-state index contributed by atoms with van der Waals surface area (Å²) in [6.45, 7) is 0.0736. The second kappa shape index (κ2) is 3.90. The van der Waals surface area contributed by atoms with Gasteiger partial charge in [-0.25, -0.2) is 4.99 Å². The Kier molecular flexibility index (Phi) is 2.60. The Balaban J connectivity index is 2.01. The molecule has 4 nitrogen and oxygen atoms in total. The van der Waals surface area contributed by atoms with Crippen LogP contribution in [-0.4, -0.2) is 23.2 Å². The Morgan fingerprint density at radius 3 is 2.60 bits per heavy atom. The number of nitrogens with one attached hydrogen (secondary N) is 1. The van der Waals surface area contributed by atoms with Crippen LogP contribution in [0.25, 0.3) is 0 Å². The van der Waals surface area contributed by atoms with Gasteiger partial charge in [-0.05, 0) is 25.0 Å². The number of aliphatic hydroxyl groups is 1. The zero-order valence-electron chi connectivity index (χ0n) is 8.48. The SMILES string of the molecule is NC(=NC1(CO)CC1)Nc1ccccc1. The van der Waals surface area contributed by atoms with E-state index in [1.165, 1.54) is 0 Å². The number of hydrogen-bond donors (Lipinski definition) is 3. The molecule has 0 heterocycles. The predicted molar refractivity (Wildman–Crippen MR) is 60.7 cm³/mol. The molecule has 1 aliphatic rings. The lowest BCUT2D eigenvalue weighted by Crippen LogP contribution is -2.27. The summed E-state index contributed by atoms with van der Waals surface area (Å²) in [6.07, 6.45) is 1.83. The molecular formula is C11H15N3O. The highest BCUT2D eigenvalue weighted by atomic mass is 16.3. The molecule has 0 aliphatic heterocycles. The number of hydrogen-bond acceptors (Lipinski definition) is 2. The van der Waals surface area contributed by atoms with Gasteiger partial charge in [0.25, 0.3) is 0 Å². The molecule has 1 aliphatic carbocycles. The van der Waals surface area contributed by atoms with Crippen molar-refractivity contribution in [2.45, 2.75) is 18.4 Å². The topological polar surface area (TPSA) is 70.6 Å². The average Bonchev–Trinajstić information content (AvgIpc) is 3.00. The van der Waals surface area contributed by atoms with E-state index in [4.69, 9.17) is 10.8 Å². The van der Waals surface area contributed by atoms with Gasteiger partial charge in [0.15, 0.2) is 5.96 Å². The number of benzene rings is 1. The van der Waals surface area contributed by atoms with Gasteiger partial charge in [-0.15, -0.1) is 0 Å². The monoisotopic (exact) mass is 205 g/mol. The van der Waals surface area contributed by atoms with Crippen molar-refractivity contribution in [3.63, 3.8) is 0 Å². The first kappa shape index (κ1) is 9.98. The number of nitrogens with two attached hydrogens (primary N) is 1. The minimum Gasteiger partial charge on any atom is -0.394 e. The highest BCUT2D eigenvalue weighted by Crippen LogP contribution is 2.38. The predicted octanol–water partition coefficient (Wildman–Crippen LogP) is 0.938. The fraction of sp³-hybridized carbons (Fsp3) is 0.364. The number of nitrogens with zero attached hydrogens (tertiary/aromatic N) is 1. The third-order valence-electron chi connectivity index (χ3n) is 2.53. The lowest BCUT2D eigenvalue weighted by Gasteiger charge is -2.09. The molecule has 1 saturated carbocycles. The van der Waals surface area contributed by atoms with Crippen LogP contribution in [0.15, 0.2) is 35.3 Å². The molecule has 4 heteroatoms. The van der Waals surface area contributed by atoms with Crippen LogP contribution in [0.3, 0.4) is 0 Å². The fourth-order valence-corrected chi connectivity index (χ4v) is 1.40. The van der Waals surface area contributed by atoms with Crippen LogP contribution < -0.4 is 11.1 Å². The normalized spacial score (nSPS) is 18.6. The van der Waals surface area contributed by atoms with Crippen molar-refractivity contribution in [2.75, 3.05) is 11.9 Å². The Morgan fingerprint density at radius 2 is 2.07 bits per heavy atom. The second-order valence-electron chi connectivity index (χ2n) is 3.87. The standard InChI is InChI=1S/C11H15N3O/c12-10(14-11(8-15)6-7-11)13-9-4-2-1-3-5-9/h1-5,15H,6-8H2,(H3,12,13,14). The number of aliphatic hydroxyl groups excluding tert-OH is 1. The molecular weight excluding hydrogens is 190 g/mol. The molecule has 15 heavy (non-hydrogen) atoms. The van der Waals surface area contributed by atoms with E-state index in [2.05, 4.69) is 10.3 Å². The molecule has 1 aromatic carbocycles. The number of guanidine groups is 1. The van der Waals surface area contributed by atoms with Crippen molar-refractivity contribution in [3.05, 3.63) is 30.3 Å². The van der Waals surface area contributed by atoms with Gasteiger partial charge in [0.2, 0.25) is 0 Å². The Labute approximate surface area is 88.8 Å². The van der Waals surface area contributed by atoms with E-state index in [1.54, 1.807) is 0 Å². The van der Waals surface area contributed by atoms with E-state index < -0.39 is 0 Å². The summed E-state index contributed by atoms with van der Waals surface area (Å²) in [5.74, 6) is 0.368. The molecule has 0 unspecified atom stereocenters. The summed E-state index contributed by atoms with van der Waals surface area (Å²) in [6, 6.07) is 9.62. The van der Waals surface area contributed by atoms with Crippen molar-refractivity contribution in [1.82, 2.24) is 0 Å². The molecule has 0 atom stereocenters. The van der Waals surface area contributed by atoms with Gasteiger partial charge in [0, 0.05) is 5.69 Å². The maximum Gasteiger partial charge on any atom is 0.193 e. The summed E-state index contributed by atoms with van der Waals surface area (Å²) < 4.78 is 0. The van der Waals surface area contributed by atoms with E-state index in [0.29, 0.717) is 5.96 Å². The van der Waals surface area contributed by atoms with Gasteiger partial charge in [0.05, 0.1) is 12.1 Å². The lowest BCUT2D eigenvalue weighted by atomic mass is 10.3. The van der Waals surface area contributed by atoms with Crippen LogP contribution >= 0.6 is 0 Å². The van der Waals surface area contributed by atoms with Crippen LogP contribution in [0.5, 0.6) is 0 Å². The van der Waals surface area contributed by atoms with E-state index in [9.17, 15) is 0 Å². The molecule has 0 aromatic heterocycles. The Morgan fingerprint density at radius 1 is 1.40 bits per heavy atom. The van der Waals surface area contributed by atoms with E-state index in [1.807, 2.05) is 30.3 Å². The quantitative estimate of drug-likeness (QED) is 0.508. The van der Waals surface area contributed by atoms with E-state index in [0.717, 1.165) is 18.5 Å². The fourth-order valence-electron chi connectivity index (χ4n) is 1.40. The first-order valence-electron chi connectivity index (χ1n) is 5.02. The van der Waals surface area contributed by atoms with Crippen LogP contribution in [0.1, 0.15) is 12.8 Å². The van der Waals surface area contributed by atoms with Gasteiger partial charge < -0.3 is 16.2 Å². The van der Waals surface area contributed by atoms with Crippen LogP contribution in [-0.2, 0) is 0 Å². The smallest absolute Gasteiger partial charge is 0.193 e. The lowest BCUT2D eigenvalue weighted by molar-refractivity contribution is 0.257. The van der Waals surface area contributed by atoms with Crippen molar-refractivity contribution in [3.8, 4) is 0 Å². The number of para-hydroxylation sites is 1. The molecule has 4 N–H and O–H groups in total. The molecule has 0 spiro atoms. The zero-order chi connectivity index (χ0) is 10.7. The van der Waals surface area contributed by atoms with Crippen molar-refractivity contribution < 1.29 is 5.11 Å². The average molecular weight is 205 g/mol. The summed E-state index contributed by atoms with van der Waals surface area (Å²) in [7, 11) is 0. The number of anilines is 1. The van der Waals surface area contributed by atoms with Gasteiger partial charge in [0.1, 0.15) is 0 Å². The molecule has 1 fully saturated rings. The molecule has 0 radical (unpaired) electrons. The number of rotatable bonds is 3. The van der Waals surface area contributed by atoms with Crippen molar-refractivity contribution >= 4 is 11.6 Å². The minimum atomic E-state index is -0.300. The maximum atomic E-state index is 9.08. The molecule has 0 bridgehead atoms. The molecule has 1 aromatic rings. The Bertz CT molecular complexity index is 357. The molecule has 80 valence electrons. The minimum absolute atomic E-state index is 0.0736. The van der Waals surface area contributed by atoms with Gasteiger partial charge in [-0.3, -0.25) is 0 Å². The van der Waals surface area contributed by atoms with Gasteiger partial charge in [-0.1, -0.05) is 18.2 Å². The first-order valence-corrected chi connectivity index (χ1v) is 5.02. The van der Waals surface area contributed by atoms with Gasteiger partial charge in [-0.2, -0.15) is 0 Å². The second-order valence-corrected chi connectivity index (χ2v) is 3.87. The maximum absolute atomic E-state index is 9.08. The van der Waals surface area contributed by atoms with Crippen molar-refractivity contribution in [1.29, 1.82) is 0 Å². The third-order valence-corrected chi connectivity index (χ3v) is 2.53. The van der Waals surface area contributed by atoms with Crippen molar-refractivity contribution in [2.24, 2.45) is 10.7 Å². The van der Waals surface area contributed by atoms with E-state index >= 15 is 0 Å². The summed E-state index contributed by atoms with van der Waals surface area (Å²) in [4.78, 5) is 4.27. The van der Waals surface area contributed by atoms with Crippen LogP contribution in [0.4, 0.5) is 5.69 Å². The molecule has 0 saturated heterocycles. The third kappa shape index (κ3) is 2.47. The van der Waals surface area contributed by atoms with Crippen LogP contribution in [0, 0.1) is 0 Å². The molecule has 0 amide bonds. The summed E-state index contributed by atoms with van der Waals surface area (Å²) in [5.41, 5.74) is 6.35. The Hall–Kier alpha value is -1.55. The zero-order valence-corrected chi connectivity index (χ0v) is 8.48.